The number of piperidine rings is 1. The second kappa shape index (κ2) is 10.4. The first-order valence-corrected chi connectivity index (χ1v) is 11.7. The lowest BCUT2D eigenvalue weighted by Gasteiger charge is -2.31. The molecule has 0 bridgehead atoms. The minimum atomic E-state index is -0.323. The van der Waals surface area contributed by atoms with Crippen LogP contribution < -0.4 is 15.5 Å². The molecule has 0 radical (unpaired) electrons. The van der Waals surface area contributed by atoms with Crippen LogP contribution in [0.5, 0.6) is 0 Å². The molecule has 0 unspecified atom stereocenters. The van der Waals surface area contributed by atoms with Crippen molar-refractivity contribution in [2.24, 2.45) is 13.0 Å². The molecular weight excluding hydrogens is 456 g/mol. The summed E-state index contributed by atoms with van der Waals surface area (Å²) in [5.74, 6) is 2.07. The third-order valence-corrected chi connectivity index (χ3v) is 6.36. The molecule has 2 aromatic heterocycles. The summed E-state index contributed by atoms with van der Waals surface area (Å²) in [5.41, 5.74) is 1.80. The van der Waals surface area contributed by atoms with Crippen molar-refractivity contribution in [3.05, 3.63) is 46.5 Å². The Balaban J connectivity index is 1.53. The van der Waals surface area contributed by atoms with E-state index in [0.717, 1.165) is 31.5 Å². The van der Waals surface area contributed by atoms with Crippen molar-refractivity contribution in [1.29, 1.82) is 0 Å². The van der Waals surface area contributed by atoms with Gasteiger partial charge in [0, 0.05) is 33.2 Å². The number of nitrogens with zero attached hydrogens (tertiary/aromatic N) is 6. The molecule has 3 N–H and O–H groups in total. The highest BCUT2D eigenvalue weighted by atomic mass is 35.5. The highest BCUT2D eigenvalue weighted by Crippen LogP contribution is 2.26. The van der Waals surface area contributed by atoms with E-state index in [1.54, 1.807) is 17.7 Å². The average molecular weight is 485 g/mol. The Labute approximate surface area is 203 Å². The van der Waals surface area contributed by atoms with Gasteiger partial charge in [-0.05, 0) is 37.3 Å². The molecule has 1 aliphatic heterocycles. The van der Waals surface area contributed by atoms with Gasteiger partial charge < -0.3 is 19.9 Å². The molecule has 34 heavy (non-hydrogen) atoms. The van der Waals surface area contributed by atoms with Gasteiger partial charge in [0.15, 0.2) is 0 Å². The number of halogens is 1. The molecule has 0 atom stereocenters. The van der Waals surface area contributed by atoms with Crippen LogP contribution in [-0.4, -0.2) is 55.2 Å². The number of aliphatic hydroxyl groups excluding tert-OH is 1. The van der Waals surface area contributed by atoms with Crippen LogP contribution in [0.3, 0.4) is 0 Å². The van der Waals surface area contributed by atoms with Crippen molar-refractivity contribution >= 4 is 41.0 Å². The van der Waals surface area contributed by atoms with Gasteiger partial charge in [-0.25, -0.2) is 4.98 Å². The molecule has 1 aliphatic rings. The molecule has 11 heteroatoms. The van der Waals surface area contributed by atoms with Gasteiger partial charge in [0.05, 0.1) is 16.9 Å². The molecule has 1 saturated heterocycles. The third-order valence-electron chi connectivity index (χ3n) is 6.05. The number of aromatic nitrogens is 5. The minimum Gasteiger partial charge on any atom is -0.396 e. The first-order chi connectivity index (χ1) is 16.4. The molecule has 3 heterocycles. The Bertz CT molecular complexity index is 1150. The second-order valence-electron chi connectivity index (χ2n) is 8.38. The summed E-state index contributed by atoms with van der Waals surface area (Å²) in [6, 6.07) is 5.45. The monoisotopic (exact) mass is 484 g/mol. The third kappa shape index (κ3) is 5.13. The molecule has 0 aliphatic carbocycles. The number of carbonyl (C=O) groups excluding carboxylic acids is 1. The number of carbonyl (C=O) groups is 1. The van der Waals surface area contributed by atoms with Gasteiger partial charge in [0.25, 0.3) is 5.91 Å². The van der Waals surface area contributed by atoms with Gasteiger partial charge in [-0.1, -0.05) is 30.7 Å². The largest absolute Gasteiger partial charge is 0.396 e. The molecule has 0 spiro atoms. The van der Waals surface area contributed by atoms with E-state index >= 15 is 0 Å². The number of hydrogen-bond acceptors (Lipinski definition) is 8. The van der Waals surface area contributed by atoms with Crippen LogP contribution in [0.4, 0.5) is 23.5 Å². The van der Waals surface area contributed by atoms with Gasteiger partial charge in [-0.2, -0.15) is 15.0 Å². The van der Waals surface area contributed by atoms with E-state index < -0.39 is 0 Å². The number of imidazole rings is 1. The van der Waals surface area contributed by atoms with E-state index in [1.165, 1.54) is 6.20 Å². The van der Waals surface area contributed by atoms with E-state index in [9.17, 15) is 9.90 Å². The zero-order valence-electron chi connectivity index (χ0n) is 19.5. The summed E-state index contributed by atoms with van der Waals surface area (Å²) in [4.78, 5) is 33.0. The fraction of sp³-hybridized carbons (Fsp3) is 0.435. The summed E-state index contributed by atoms with van der Waals surface area (Å²) < 4.78 is 1.64. The maximum atomic E-state index is 12.9. The fourth-order valence-corrected chi connectivity index (χ4v) is 4.15. The Kier molecular flexibility index (Phi) is 7.28. The van der Waals surface area contributed by atoms with Gasteiger partial charge >= 0.3 is 0 Å². The van der Waals surface area contributed by atoms with E-state index in [2.05, 4.69) is 35.5 Å². The molecule has 3 aromatic rings. The standard InChI is InChI=1S/C23H29ClN8O2/c1-4-18-26-21(30-23(27-18)32-10-8-15(13-33)9-11-32)29-22-25-12-17(31(22)3)20(34)28-19-14(2)6-5-7-16(19)24/h5-7,12,15,33H,4,8-11,13H2,1-3H3,(H,28,34)(H,25,26,27,29,30). The van der Waals surface area contributed by atoms with Crippen LogP contribution in [0, 0.1) is 12.8 Å². The number of benzene rings is 1. The Hall–Kier alpha value is -3.24. The molecule has 1 fully saturated rings. The van der Waals surface area contributed by atoms with Gasteiger partial charge in [-0.3, -0.25) is 10.1 Å². The summed E-state index contributed by atoms with van der Waals surface area (Å²) >= 11 is 6.25. The zero-order valence-corrected chi connectivity index (χ0v) is 20.3. The smallest absolute Gasteiger partial charge is 0.274 e. The van der Waals surface area contributed by atoms with Gasteiger partial charge in [0.2, 0.25) is 17.8 Å². The first-order valence-electron chi connectivity index (χ1n) is 11.4. The van der Waals surface area contributed by atoms with Gasteiger partial charge in [-0.15, -0.1) is 0 Å². The summed E-state index contributed by atoms with van der Waals surface area (Å²) in [6.45, 7) is 5.65. The van der Waals surface area contributed by atoms with E-state index in [-0.39, 0.29) is 12.5 Å². The van der Waals surface area contributed by atoms with Crippen molar-refractivity contribution in [2.75, 3.05) is 35.2 Å². The maximum absolute atomic E-state index is 12.9. The molecule has 4 rings (SSSR count). The predicted molar refractivity (Wildman–Crippen MR) is 132 cm³/mol. The zero-order chi connectivity index (χ0) is 24.2. The molecule has 10 nitrogen and oxygen atoms in total. The van der Waals surface area contributed by atoms with Crippen molar-refractivity contribution in [3.63, 3.8) is 0 Å². The Morgan fingerprint density at radius 2 is 2.00 bits per heavy atom. The summed E-state index contributed by atoms with van der Waals surface area (Å²) in [6.07, 6.45) is 3.94. The van der Waals surface area contributed by atoms with Crippen molar-refractivity contribution < 1.29 is 9.90 Å². The number of para-hydroxylation sites is 1. The minimum absolute atomic E-state index is 0.211. The number of aryl methyl sites for hydroxylation is 2. The number of anilines is 4. The lowest BCUT2D eigenvalue weighted by molar-refractivity contribution is 0.101. The van der Waals surface area contributed by atoms with E-state index in [4.69, 9.17) is 11.6 Å². The van der Waals surface area contributed by atoms with E-state index in [1.807, 2.05) is 26.0 Å². The van der Waals surface area contributed by atoms with Crippen LogP contribution >= 0.6 is 11.6 Å². The second-order valence-corrected chi connectivity index (χ2v) is 8.79. The van der Waals surface area contributed by atoms with Crippen molar-refractivity contribution in [3.8, 4) is 0 Å². The lowest BCUT2D eigenvalue weighted by Crippen LogP contribution is -2.36. The highest BCUT2D eigenvalue weighted by Gasteiger charge is 2.22. The van der Waals surface area contributed by atoms with Crippen LogP contribution in [0.2, 0.25) is 5.02 Å². The number of aliphatic hydroxyl groups is 1. The molecule has 1 amide bonds. The normalized spacial score (nSPS) is 14.3. The van der Waals surface area contributed by atoms with Crippen LogP contribution in [0.15, 0.2) is 24.4 Å². The van der Waals surface area contributed by atoms with Gasteiger partial charge in [0.1, 0.15) is 11.5 Å². The lowest BCUT2D eigenvalue weighted by atomic mass is 9.98. The van der Waals surface area contributed by atoms with E-state index in [0.29, 0.717) is 52.4 Å². The SMILES string of the molecule is CCc1nc(Nc2ncc(C(=O)Nc3c(C)cccc3Cl)n2C)nc(N2CCC(CO)CC2)n1. The molecular formula is C23H29ClN8O2. The van der Waals surface area contributed by atoms with Crippen molar-refractivity contribution in [1.82, 2.24) is 24.5 Å². The summed E-state index contributed by atoms with van der Waals surface area (Å²) in [5, 5.41) is 15.9. The number of nitrogens with one attached hydrogen (secondary N) is 2. The number of hydrogen-bond donors (Lipinski definition) is 3. The fourth-order valence-electron chi connectivity index (χ4n) is 3.88. The molecule has 180 valence electrons. The Morgan fingerprint density at radius 3 is 2.68 bits per heavy atom. The van der Waals surface area contributed by atoms with Crippen molar-refractivity contribution in [2.45, 2.75) is 33.1 Å². The maximum Gasteiger partial charge on any atom is 0.274 e. The topological polar surface area (TPSA) is 121 Å². The first kappa shape index (κ1) is 23.9. The van der Waals surface area contributed by atoms with Crippen LogP contribution in [0.25, 0.3) is 0 Å². The average Bonchev–Trinajstić information content (AvgIpc) is 3.21. The van der Waals surface area contributed by atoms with Crippen LogP contribution in [-0.2, 0) is 13.5 Å². The molecule has 0 saturated carbocycles. The highest BCUT2D eigenvalue weighted by molar-refractivity contribution is 6.34. The summed E-state index contributed by atoms with van der Waals surface area (Å²) in [7, 11) is 1.74. The Morgan fingerprint density at radius 1 is 1.24 bits per heavy atom. The predicted octanol–water partition coefficient (Wildman–Crippen LogP) is 3.33. The quantitative estimate of drug-likeness (QED) is 0.467. The number of amides is 1. The number of rotatable bonds is 7. The van der Waals surface area contributed by atoms with Crippen LogP contribution in [0.1, 0.15) is 41.6 Å². The molecule has 1 aromatic carbocycles.